The van der Waals surface area contributed by atoms with Gasteiger partial charge in [-0.2, -0.15) is 5.10 Å². The van der Waals surface area contributed by atoms with Crippen molar-refractivity contribution >= 4 is 0 Å². The first-order chi connectivity index (χ1) is 10.3. The second-order valence-electron chi connectivity index (χ2n) is 5.99. The highest BCUT2D eigenvalue weighted by atomic mass is 15.3. The summed E-state index contributed by atoms with van der Waals surface area (Å²) in [7, 11) is 2.21. The van der Waals surface area contributed by atoms with Crippen LogP contribution in [-0.2, 0) is 6.54 Å². The van der Waals surface area contributed by atoms with Gasteiger partial charge in [-0.25, -0.2) is 4.68 Å². The zero-order chi connectivity index (χ0) is 14.5. The molecule has 2 heterocycles. The summed E-state index contributed by atoms with van der Waals surface area (Å²) in [5.41, 5.74) is 2.44. The van der Waals surface area contributed by atoms with Gasteiger partial charge in [0.15, 0.2) is 0 Å². The summed E-state index contributed by atoms with van der Waals surface area (Å²) < 4.78 is 1.88. The normalized spacial score (nSPS) is 17.2. The van der Waals surface area contributed by atoms with Crippen molar-refractivity contribution in [1.29, 1.82) is 0 Å². The van der Waals surface area contributed by atoms with Gasteiger partial charge < -0.3 is 10.2 Å². The Morgan fingerprint density at radius 3 is 2.62 bits per heavy atom. The lowest BCUT2D eigenvalue weighted by Crippen LogP contribution is -2.34. The van der Waals surface area contributed by atoms with Gasteiger partial charge in [-0.15, -0.1) is 0 Å². The Hall–Kier alpha value is -1.65. The average molecular weight is 284 g/mol. The van der Waals surface area contributed by atoms with Gasteiger partial charge in [0.05, 0.1) is 5.69 Å². The molecule has 0 amide bonds. The smallest absolute Gasteiger partial charge is 0.0645 e. The molecule has 1 aliphatic rings. The van der Waals surface area contributed by atoms with Gasteiger partial charge in [-0.3, -0.25) is 0 Å². The first-order valence-electron chi connectivity index (χ1n) is 7.79. The predicted octanol–water partition coefficient (Wildman–Crippen LogP) is 2.30. The molecule has 4 nitrogen and oxygen atoms in total. The Kier molecular flexibility index (Phi) is 4.68. The van der Waals surface area contributed by atoms with Crippen molar-refractivity contribution < 1.29 is 0 Å². The lowest BCUT2D eigenvalue weighted by atomic mass is 9.97. The fourth-order valence-electron chi connectivity index (χ4n) is 2.87. The molecule has 112 valence electrons. The molecule has 1 aromatic heterocycles. The van der Waals surface area contributed by atoms with Crippen molar-refractivity contribution in [2.75, 3.05) is 26.7 Å². The van der Waals surface area contributed by atoms with Gasteiger partial charge in [0, 0.05) is 18.9 Å². The minimum atomic E-state index is 0.838. The zero-order valence-electron chi connectivity index (χ0n) is 12.7. The molecule has 1 fully saturated rings. The average Bonchev–Trinajstić information content (AvgIpc) is 3.04. The molecular weight excluding hydrogens is 260 g/mol. The Morgan fingerprint density at radius 2 is 1.95 bits per heavy atom. The summed E-state index contributed by atoms with van der Waals surface area (Å²) in [6.45, 7) is 4.57. The van der Waals surface area contributed by atoms with Crippen LogP contribution in [0.2, 0.25) is 0 Å². The quantitative estimate of drug-likeness (QED) is 0.914. The van der Waals surface area contributed by atoms with E-state index < -0.39 is 0 Å². The van der Waals surface area contributed by atoms with E-state index in [4.69, 9.17) is 0 Å². The van der Waals surface area contributed by atoms with E-state index in [-0.39, 0.29) is 0 Å². The highest BCUT2D eigenvalue weighted by molar-refractivity contribution is 5.33. The minimum absolute atomic E-state index is 0.838. The van der Waals surface area contributed by atoms with Crippen molar-refractivity contribution in [1.82, 2.24) is 20.0 Å². The number of hydrogen-bond acceptors (Lipinski definition) is 3. The topological polar surface area (TPSA) is 33.1 Å². The number of piperidine rings is 1. The van der Waals surface area contributed by atoms with Crippen molar-refractivity contribution in [2.24, 2.45) is 5.92 Å². The molecule has 1 aliphatic heterocycles. The maximum atomic E-state index is 4.24. The van der Waals surface area contributed by atoms with Crippen molar-refractivity contribution in [3.05, 3.63) is 48.3 Å². The molecular formula is C17H24N4. The number of likely N-dealkylation sites (tertiary alicyclic amines) is 1. The SMILES string of the molecule is CN1CCC(CNCc2ccc(-n3cccn3)cc2)CC1. The number of benzene rings is 1. The molecule has 1 saturated heterocycles. The van der Waals surface area contributed by atoms with E-state index in [1.807, 2.05) is 16.9 Å². The van der Waals surface area contributed by atoms with Gasteiger partial charge >= 0.3 is 0 Å². The molecule has 0 unspecified atom stereocenters. The molecule has 1 N–H and O–H groups in total. The van der Waals surface area contributed by atoms with E-state index in [0.29, 0.717) is 0 Å². The Bertz CT molecular complexity index is 524. The molecule has 0 radical (unpaired) electrons. The standard InChI is InChI=1S/C17H24N4/c1-20-11-7-16(8-12-20)14-18-13-15-3-5-17(6-4-15)21-10-2-9-19-21/h2-6,9-10,16,18H,7-8,11-14H2,1H3. The summed E-state index contributed by atoms with van der Waals surface area (Å²) in [4.78, 5) is 2.42. The van der Waals surface area contributed by atoms with Crippen LogP contribution in [0.1, 0.15) is 18.4 Å². The largest absolute Gasteiger partial charge is 0.312 e. The third kappa shape index (κ3) is 3.93. The number of nitrogens with zero attached hydrogens (tertiary/aromatic N) is 3. The van der Waals surface area contributed by atoms with Crippen LogP contribution in [0.4, 0.5) is 0 Å². The monoisotopic (exact) mass is 284 g/mol. The summed E-state index contributed by atoms with van der Waals surface area (Å²) in [6, 6.07) is 10.5. The molecule has 0 bridgehead atoms. The van der Waals surface area contributed by atoms with E-state index in [0.717, 1.165) is 24.7 Å². The number of aromatic nitrogens is 2. The highest BCUT2D eigenvalue weighted by Gasteiger charge is 2.15. The number of nitrogens with one attached hydrogen (secondary N) is 1. The van der Waals surface area contributed by atoms with E-state index >= 15 is 0 Å². The summed E-state index contributed by atoms with van der Waals surface area (Å²) >= 11 is 0. The molecule has 21 heavy (non-hydrogen) atoms. The van der Waals surface area contributed by atoms with Crippen LogP contribution in [0.25, 0.3) is 5.69 Å². The Labute approximate surface area is 126 Å². The molecule has 0 aliphatic carbocycles. The Balaban J connectivity index is 1.45. The Morgan fingerprint density at radius 1 is 1.19 bits per heavy atom. The number of rotatable bonds is 5. The summed E-state index contributed by atoms with van der Waals surface area (Å²) in [5.74, 6) is 0.838. The van der Waals surface area contributed by atoms with Crippen LogP contribution in [0.3, 0.4) is 0 Å². The molecule has 2 aromatic rings. The molecule has 1 aromatic carbocycles. The minimum Gasteiger partial charge on any atom is -0.312 e. The van der Waals surface area contributed by atoms with Gasteiger partial charge in [-0.1, -0.05) is 12.1 Å². The number of hydrogen-bond donors (Lipinski definition) is 1. The van der Waals surface area contributed by atoms with Gasteiger partial charge in [-0.05, 0) is 69.2 Å². The first kappa shape index (κ1) is 14.3. The molecule has 0 atom stereocenters. The van der Waals surface area contributed by atoms with Crippen molar-refractivity contribution in [3.63, 3.8) is 0 Å². The third-order valence-electron chi connectivity index (χ3n) is 4.31. The second-order valence-corrected chi connectivity index (χ2v) is 5.99. The fourth-order valence-corrected chi connectivity index (χ4v) is 2.87. The molecule has 3 rings (SSSR count). The van der Waals surface area contributed by atoms with Gasteiger partial charge in [0.25, 0.3) is 0 Å². The molecule has 0 spiro atoms. The van der Waals surface area contributed by atoms with Crippen LogP contribution in [0.15, 0.2) is 42.7 Å². The fraction of sp³-hybridized carbons (Fsp3) is 0.471. The van der Waals surface area contributed by atoms with Crippen molar-refractivity contribution in [3.8, 4) is 5.69 Å². The van der Waals surface area contributed by atoms with Gasteiger partial charge in [0.2, 0.25) is 0 Å². The highest BCUT2D eigenvalue weighted by Crippen LogP contribution is 2.15. The van der Waals surface area contributed by atoms with E-state index in [1.54, 1.807) is 6.20 Å². The van der Waals surface area contributed by atoms with Crippen LogP contribution in [0, 0.1) is 5.92 Å². The van der Waals surface area contributed by atoms with Crippen LogP contribution in [-0.4, -0.2) is 41.4 Å². The predicted molar refractivity (Wildman–Crippen MR) is 85.5 cm³/mol. The zero-order valence-corrected chi connectivity index (χ0v) is 12.7. The summed E-state index contributed by atoms with van der Waals surface area (Å²) in [6.07, 6.45) is 6.41. The van der Waals surface area contributed by atoms with Crippen LogP contribution >= 0.6 is 0 Å². The van der Waals surface area contributed by atoms with Crippen LogP contribution < -0.4 is 5.32 Å². The first-order valence-corrected chi connectivity index (χ1v) is 7.79. The van der Waals surface area contributed by atoms with Gasteiger partial charge in [0.1, 0.15) is 0 Å². The second kappa shape index (κ2) is 6.87. The van der Waals surface area contributed by atoms with Crippen LogP contribution in [0.5, 0.6) is 0 Å². The van der Waals surface area contributed by atoms with E-state index in [9.17, 15) is 0 Å². The van der Waals surface area contributed by atoms with E-state index in [1.165, 1.54) is 31.5 Å². The lowest BCUT2D eigenvalue weighted by molar-refractivity contribution is 0.216. The van der Waals surface area contributed by atoms with Crippen molar-refractivity contribution in [2.45, 2.75) is 19.4 Å². The third-order valence-corrected chi connectivity index (χ3v) is 4.31. The molecule has 4 heteroatoms. The maximum absolute atomic E-state index is 4.24. The summed E-state index contributed by atoms with van der Waals surface area (Å²) in [5, 5.41) is 7.84. The maximum Gasteiger partial charge on any atom is 0.0645 e. The lowest BCUT2D eigenvalue weighted by Gasteiger charge is -2.29. The molecule has 0 saturated carbocycles. The van der Waals surface area contributed by atoms with E-state index in [2.05, 4.69) is 46.6 Å².